The molecular formula is C15H28N2O2. The number of hydrogen-bond acceptors (Lipinski definition) is 3. The lowest BCUT2D eigenvalue weighted by Crippen LogP contribution is -2.66. The summed E-state index contributed by atoms with van der Waals surface area (Å²) in [4.78, 5) is 12.5. The Morgan fingerprint density at radius 2 is 2.11 bits per heavy atom. The molecule has 110 valence electrons. The standard InChI is InChI=1S/C15H28N2O2/c1-10-6-5-7-15(16,9-10)13(18)17-11-8-12(19-4)14(11,2)3/h10-12H,5-9,16H2,1-4H3,(H,17,18). The highest BCUT2D eigenvalue weighted by molar-refractivity contribution is 5.86. The Kier molecular flexibility index (Phi) is 3.94. The summed E-state index contributed by atoms with van der Waals surface area (Å²) in [7, 11) is 1.73. The van der Waals surface area contributed by atoms with Crippen LogP contribution in [0.1, 0.15) is 52.9 Å². The summed E-state index contributed by atoms with van der Waals surface area (Å²) in [5, 5.41) is 3.16. The van der Waals surface area contributed by atoms with Crippen molar-refractivity contribution in [2.24, 2.45) is 17.1 Å². The first-order valence-corrected chi connectivity index (χ1v) is 7.42. The second-order valence-electron chi connectivity index (χ2n) is 7.17. The SMILES string of the molecule is COC1CC(NC(=O)C2(N)CCCC(C)C2)C1(C)C. The lowest BCUT2D eigenvalue weighted by molar-refractivity contribution is -0.138. The van der Waals surface area contributed by atoms with Gasteiger partial charge in [-0.2, -0.15) is 0 Å². The van der Waals surface area contributed by atoms with Crippen molar-refractivity contribution in [3.05, 3.63) is 0 Å². The third kappa shape index (κ3) is 2.65. The predicted molar refractivity (Wildman–Crippen MR) is 75.7 cm³/mol. The molecule has 0 saturated heterocycles. The third-order valence-electron chi connectivity index (χ3n) is 5.25. The summed E-state index contributed by atoms with van der Waals surface area (Å²) >= 11 is 0. The Balaban J connectivity index is 1.95. The van der Waals surface area contributed by atoms with Gasteiger partial charge in [0.15, 0.2) is 0 Å². The van der Waals surface area contributed by atoms with Crippen LogP contribution in [0.15, 0.2) is 0 Å². The Bertz CT molecular complexity index is 356. The van der Waals surface area contributed by atoms with E-state index < -0.39 is 5.54 Å². The molecule has 0 aromatic carbocycles. The minimum Gasteiger partial charge on any atom is -0.381 e. The molecule has 2 saturated carbocycles. The van der Waals surface area contributed by atoms with Gasteiger partial charge in [0.05, 0.1) is 11.6 Å². The number of hydrogen-bond donors (Lipinski definition) is 2. The number of rotatable bonds is 3. The zero-order valence-electron chi connectivity index (χ0n) is 12.7. The van der Waals surface area contributed by atoms with E-state index in [0.717, 1.165) is 25.7 Å². The van der Waals surface area contributed by atoms with Crippen LogP contribution in [0, 0.1) is 11.3 Å². The number of carbonyl (C=O) groups excluding carboxylic acids is 1. The molecule has 1 amide bonds. The maximum absolute atomic E-state index is 12.5. The smallest absolute Gasteiger partial charge is 0.240 e. The average Bonchev–Trinajstić information content (AvgIpc) is 2.33. The largest absolute Gasteiger partial charge is 0.381 e. The first-order valence-electron chi connectivity index (χ1n) is 7.42. The third-order valence-corrected chi connectivity index (χ3v) is 5.25. The molecule has 4 nitrogen and oxygen atoms in total. The lowest BCUT2D eigenvalue weighted by Gasteiger charge is -2.52. The van der Waals surface area contributed by atoms with Crippen molar-refractivity contribution < 1.29 is 9.53 Å². The van der Waals surface area contributed by atoms with E-state index in [1.54, 1.807) is 7.11 Å². The maximum atomic E-state index is 12.5. The quantitative estimate of drug-likeness (QED) is 0.820. The van der Waals surface area contributed by atoms with Gasteiger partial charge in [0.1, 0.15) is 0 Å². The van der Waals surface area contributed by atoms with E-state index >= 15 is 0 Å². The fraction of sp³-hybridized carbons (Fsp3) is 0.933. The van der Waals surface area contributed by atoms with Crippen molar-refractivity contribution in [2.75, 3.05) is 7.11 Å². The van der Waals surface area contributed by atoms with Crippen LogP contribution in [-0.2, 0) is 9.53 Å². The molecular weight excluding hydrogens is 240 g/mol. The maximum Gasteiger partial charge on any atom is 0.240 e. The van der Waals surface area contributed by atoms with Crippen molar-refractivity contribution >= 4 is 5.91 Å². The molecule has 2 aliphatic rings. The van der Waals surface area contributed by atoms with Crippen molar-refractivity contribution in [2.45, 2.75) is 70.6 Å². The van der Waals surface area contributed by atoms with Crippen LogP contribution in [-0.4, -0.2) is 30.7 Å². The van der Waals surface area contributed by atoms with Gasteiger partial charge < -0.3 is 15.8 Å². The molecule has 19 heavy (non-hydrogen) atoms. The molecule has 0 heterocycles. The highest BCUT2D eigenvalue weighted by Gasteiger charge is 2.51. The van der Waals surface area contributed by atoms with Gasteiger partial charge in [0.25, 0.3) is 0 Å². The summed E-state index contributed by atoms with van der Waals surface area (Å²) in [5.74, 6) is 0.581. The lowest BCUT2D eigenvalue weighted by atomic mass is 9.64. The van der Waals surface area contributed by atoms with Gasteiger partial charge >= 0.3 is 0 Å². The normalized spacial score (nSPS) is 41.4. The minimum absolute atomic E-state index is 0.00104. The number of methoxy groups -OCH3 is 1. The molecule has 3 N–H and O–H groups in total. The molecule has 0 bridgehead atoms. The van der Waals surface area contributed by atoms with Crippen molar-refractivity contribution in [1.29, 1.82) is 0 Å². The summed E-state index contributed by atoms with van der Waals surface area (Å²) in [5.41, 5.74) is 5.67. The van der Waals surface area contributed by atoms with Gasteiger partial charge in [-0.25, -0.2) is 0 Å². The van der Waals surface area contributed by atoms with Crippen LogP contribution in [0.4, 0.5) is 0 Å². The fourth-order valence-electron chi connectivity index (χ4n) is 3.63. The molecule has 2 rings (SSSR count). The van der Waals surface area contributed by atoms with E-state index in [-0.39, 0.29) is 23.5 Å². The molecule has 4 heteroatoms. The Labute approximate surface area is 116 Å². The summed E-state index contributed by atoms with van der Waals surface area (Å²) in [6.45, 7) is 6.47. The van der Waals surface area contributed by atoms with E-state index in [4.69, 9.17) is 10.5 Å². The van der Waals surface area contributed by atoms with E-state index in [9.17, 15) is 4.79 Å². The molecule has 2 fully saturated rings. The Morgan fingerprint density at radius 3 is 2.63 bits per heavy atom. The topological polar surface area (TPSA) is 64.3 Å². The van der Waals surface area contributed by atoms with Crippen LogP contribution < -0.4 is 11.1 Å². The Morgan fingerprint density at radius 1 is 1.42 bits per heavy atom. The highest BCUT2D eigenvalue weighted by Crippen LogP contribution is 2.43. The first kappa shape index (κ1) is 14.8. The van der Waals surface area contributed by atoms with Crippen LogP contribution in [0.5, 0.6) is 0 Å². The van der Waals surface area contributed by atoms with E-state index in [1.807, 2.05) is 0 Å². The van der Waals surface area contributed by atoms with E-state index in [1.165, 1.54) is 6.42 Å². The van der Waals surface area contributed by atoms with E-state index in [2.05, 4.69) is 26.1 Å². The summed E-state index contributed by atoms with van der Waals surface area (Å²) < 4.78 is 5.42. The first-order chi connectivity index (χ1) is 8.79. The zero-order chi connectivity index (χ0) is 14.3. The molecule has 0 aromatic heterocycles. The fourth-order valence-corrected chi connectivity index (χ4v) is 3.63. The monoisotopic (exact) mass is 268 g/mol. The van der Waals surface area contributed by atoms with Crippen LogP contribution >= 0.6 is 0 Å². The molecule has 4 atom stereocenters. The van der Waals surface area contributed by atoms with Crippen LogP contribution in [0.3, 0.4) is 0 Å². The van der Waals surface area contributed by atoms with Crippen molar-refractivity contribution in [3.63, 3.8) is 0 Å². The molecule has 0 aliphatic heterocycles. The average molecular weight is 268 g/mol. The second kappa shape index (κ2) is 5.06. The molecule has 2 aliphatic carbocycles. The van der Waals surface area contributed by atoms with Gasteiger partial charge in [-0.3, -0.25) is 4.79 Å². The summed E-state index contributed by atoms with van der Waals surface area (Å²) in [6.07, 6.45) is 4.98. The molecule has 0 radical (unpaired) electrons. The number of nitrogens with two attached hydrogens (primary N) is 1. The van der Waals surface area contributed by atoms with Gasteiger partial charge in [0.2, 0.25) is 5.91 Å². The number of ether oxygens (including phenoxy) is 1. The van der Waals surface area contributed by atoms with Gasteiger partial charge in [-0.05, 0) is 25.2 Å². The predicted octanol–water partition coefficient (Wildman–Crippen LogP) is 1.82. The van der Waals surface area contributed by atoms with Gasteiger partial charge in [-0.15, -0.1) is 0 Å². The van der Waals surface area contributed by atoms with Gasteiger partial charge in [0, 0.05) is 18.6 Å². The van der Waals surface area contributed by atoms with Crippen LogP contribution in [0.25, 0.3) is 0 Å². The number of carbonyl (C=O) groups is 1. The van der Waals surface area contributed by atoms with Crippen molar-refractivity contribution in [1.82, 2.24) is 5.32 Å². The Hall–Kier alpha value is -0.610. The number of nitrogens with one attached hydrogen (secondary N) is 1. The van der Waals surface area contributed by atoms with Crippen LogP contribution in [0.2, 0.25) is 0 Å². The zero-order valence-corrected chi connectivity index (χ0v) is 12.7. The summed E-state index contributed by atoms with van der Waals surface area (Å²) in [6, 6.07) is 0.183. The molecule has 4 unspecified atom stereocenters. The van der Waals surface area contributed by atoms with E-state index in [0.29, 0.717) is 5.92 Å². The van der Waals surface area contributed by atoms with Gasteiger partial charge in [-0.1, -0.05) is 33.6 Å². The second-order valence-corrected chi connectivity index (χ2v) is 7.17. The highest BCUT2D eigenvalue weighted by atomic mass is 16.5. The van der Waals surface area contributed by atoms with Crippen molar-refractivity contribution in [3.8, 4) is 0 Å². The number of amides is 1. The molecule has 0 aromatic rings. The molecule has 0 spiro atoms. The minimum atomic E-state index is -0.661.